The quantitative estimate of drug-likeness (QED) is 0.746. The molecule has 1 aromatic heterocycles. The molecular formula is C21H19N7O3. The Morgan fingerprint density at radius 3 is 2.71 bits per heavy atom. The average molecular weight is 417 g/mol. The smallest absolute Gasteiger partial charge is 0.338 e. The number of tetrazole rings is 1. The van der Waals surface area contributed by atoms with Crippen LogP contribution < -0.4 is 0 Å². The van der Waals surface area contributed by atoms with Crippen molar-refractivity contribution in [2.45, 2.75) is 18.9 Å². The molecular weight excluding hydrogens is 398 g/mol. The molecule has 10 heteroatoms. The summed E-state index contributed by atoms with van der Waals surface area (Å²) < 4.78 is 1.49. The summed E-state index contributed by atoms with van der Waals surface area (Å²) in [7, 11) is 0. The number of rotatable bonds is 3. The Morgan fingerprint density at radius 1 is 1.10 bits per heavy atom. The number of hydrogen-bond donors (Lipinski definition) is 0. The first-order chi connectivity index (χ1) is 15.1. The number of piperidine rings is 1. The lowest BCUT2D eigenvalue weighted by molar-refractivity contribution is -0.131. The van der Waals surface area contributed by atoms with Crippen molar-refractivity contribution < 1.29 is 14.4 Å². The third-order valence-electron chi connectivity index (χ3n) is 5.76. The summed E-state index contributed by atoms with van der Waals surface area (Å²) >= 11 is 0. The van der Waals surface area contributed by atoms with Crippen molar-refractivity contribution in [2.24, 2.45) is 10.9 Å². The van der Waals surface area contributed by atoms with Gasteiger partial charge < -0.3 is 4.90 Å². The van der Waals surface area contributed by atoms with Gasteiger partial charge in [-0.05, 0) is 47.5 Å². The van der Waals surface area contributed by atoms with Gasteiger partial charge in [-0.1, -0.05) is 24.3 Å². The summed E-state index contributed by atoms with van der Waals surface area (Å²) in [6.45, 7) is 0.902. The molecule has 31 heavy (non-hydrogen) atoms. The molecule has 0 saturated carbocycles. The molecule has 2 aliphatic heterocycles. The van der Waals surface area contributed by atoms with Crippen LogP contribution in [0.1, 0.15) is 23.2 Å². The fraction of sp³-hybridized carbons (Fsp3) is 0.286. The number of imide groups is 1. The van der Waals surface area contributed by atoms with Gasteiger partial charge in [0.15, 0.2) is 0 Å². The first kappa shape index (κ1) is 19.0. The van der Waals surface area contributed by atoms with Crippen LogP contribution in [-0.2, 0) is 4.79 Å². The Balaban J connectivity index is 1.27. The Morgan fingerprint density at radius 2 is 1.94 bits per heavy atom. The molecule has 1 aromatic carbocycles. The molecule has 1 fully saturated rings. The van der Waals surface area contributed by atoms with Crippen molar-refractivity contribution in [3.8, 4) is 5.69 Å². The third-order valence-corrected chi connectivity index (χ3v) is 5.76. The Kier molecular flexibility index (Phi) is 4.73. The van der Waals surface area contributed by atoms with Gasteiger partial charge in [0, 0.05) is 24.7 Å². The van der Waals surface area contributed by atoms with E-state index in [-0.39, 0.29) is 17.9 Å². The summed E-state index contributed by atoms with van der Waals surface area (Å²) in [5.41, 5.74) is 1.72. The fourth-order valence-corrected chi connectivity index (χ4v) is 4.16. The molecule has 0 N–H and O–H groups in total. The predicted molar refractivity (Wildman–Crippen MR) is 110 cm³/mol. The SMILES string of the molecule is O=C(c1cccc(-n2cnnn2)c1)N1CCC(N2C(=O)N=C3C=CC=CC3C2=O)CC1. The molecule has 1 unspecified atom stereocenters. The van der Waals surface area contributed by atoms with Crippen LogP contribution in [-0.4, -0.2) is 72.7 Å². The number of hydrogen-bond acceptors (Lipinski definition) is 6. The number of allylic oxidation sites excluding steroid dienone is 3. The number of carbonyl (C=O) groups is 3. The zero-order chi connectivity index (χ0) is 21.4. The van der Waals surface area contributed by atoms with Gasteiger partial charge in [-0.25, -0.2) is 9.48 Å². The first-order valence-corrected chi connectivity index (χ1v) is 10.0. The van der Waals surface area contributed by atoms with Crippen molar-refractivity contribution in [2.75, 3.05) is 13.1 Å². The average Bonchev–Trinajstić information content (AvgIpc) is 3.34. The van der Waals surface area contributed by atoms with Crippen LogP contribution >= 0.6 is 0 Å². The van der Waals surface area contributed by atoms with Crippen LogP contribution in [0.25, 0.3) is 5.69 Å². The number of carbonyl (C=O) groups excluding carboxylic acids is 3. The number of amides is 4. The maximum atomic E-state index is 13.0. The van der Waals surface area contributed by atoms with E-state index >= 15 is 0 Å². The Bertz CT molecular complexity index is 1130. The van der Waals surface area contributed by atoms with Gasteiger partial charge in [-0.2, -0.15) is 4.99 Å². The number of benzene rings is 1. The Hall–Kier alpha value is -3.95. The van der Waals surface area contributed by atoms with E-state index in [0.717, 1.165) is 0 Å². The molecule has 10 nitrogen and oxygen atoms in total. The molecule has 1 saturated heterocycles. The lowest BCUT2D eigenvalue weighted by atomic mass is 9.93. The third kappa shape index (κ3) is 3.45. The largest absolute Gasteiger partial charge is 0.350 e. The summed E-state index contributed by atoms with van der Waals surface area (Å²) in [6.07, 6.45) is 9.52. The van der Waals surface area contributed by atoms with E-state index in [1.807, 2.05) is 6.07 Å². The molecule has 5 rings (SSSR count). The molecule has 156 valence electrons. The number of fused-ring (bicyclic) bond motifs is 1. The molecule has 1 atom stereocenters. The summed E-state index contributed by atoms with van der Waals surface area (Å²) in [6, 6.07) is 6.30. The topological polar surface area (TPSA) is 114 Å². The van der Waals surface area contributed by atoms with E-state index in [1.54, 1.807) is 47.4 Å². The van der Waals surface area contributed by atoms with Gasteiger partial charge in [0.25, 0.3) is 5.91 Å². The van der Waals surface area contributed by atoms with Gasteiger partial charge >= 0.3 is 6.03 Å². The highest BCUT2D eigenvalue weighted by Gasteiger charge is 2.41. The second-order valence-corrected chi connectivity index (χ2v) is 7.58. The minimum atomic E-state index is -0.518. The molecule has 1 aliphatic carbocycles. The van der Waals surface area contributed by atoms with E-state index in [0.29, 0.717) is 42.9 Å². The Labute approximate surface area is 177 Å². The standard InChI is InChI=1S/C21H19N7O3/c29-19(14-4-3-5-16(12-14)27-13-22-24-25-27)26-10-8-15(9-11-26)28-20(30)17-6-1-2-7-18(17)23-21(28)31/h1-7,12-13,15,17H,8-11H2. The molecule has 3 heterocycles. The van der Waals surface area contributed by atoms with Crippen LogP contribution in [0.2, 0.25) is 0 Å². The highest BCUT2D eigenvalue weighted by molar-refractivity contribution is 6.21. The number of urea groups is 1. The van der Waals surface area contributed by atoms with Gasteiger partial charge in [-0.15, -0.1) is 5.10 Å². The molecule has 0 bridgehead atoms. The molecule has 4 amide bonds. The first-order valence-electron chi connectivity index (χ1n) is 10.0. The van der Waals surface area contributed by atoms with Crippen molar-refractivity contribution >= 4 is 23.6 Å². The molecule has 3 aliphatic rings. The van der Waals surface area contributed by atoms with Gasteiger partial charge in [0.05, 0.1) is 17.3 Å². The van der Waals surface area contributed by atoms with Crippen LogP contribution in [0.4, 0.5) is 4.79 Å². The van der Waals surface area contributed by atoms with Crippen molar-refractivity contribution in [3.05, 3.63) is 60.5 Å². The zero-order valence-electron chi connectivity index (χ0n) is 16.5. The van der Waals surface area contributed by atoms with E-state index in [1.165, 1.54) is 15.9 Å². The lowest BCUT2D eigenvalue weighted by Crippen LogP contribution is -2.54. The predicted octanol–water partition coefficient (Wildman–Crippen LogP) is 1.41. The number of likely N-dealkylation sites (tertiary alicyclic amines) is 1. The van der Waals surface area contributed by atoms with Crippen LogP contribution in [0.15, 0.2) is 59.9 Å². The maximum absolute atomic E-state index is 13.0. The summed E-state index contributed by atoms with van der Waals surface area (Å²) in [5.74, 6) is -0.851. The number of aliphatic imine (C=N–C) groups is 1. The minimum absolute atomic E-state index is 0.106. The summed E-state index contributed by atoms with van der Waals surface area (Å²) in [5, 5.41) is 11.1. The molecule has 0 spiro atoms. The monoisotopic (exact) mass is 417 g/mol. The molecule has 0 radical (unpaired) electrons. The maximum Gasteiger partial charge on any atom is 0.350 e. The van der Waals surface area contributed by atoms with E-state index in [9.17, 15) is 14.4 Å². The van der Waals surface area contributed by atoms with Crippen LogP contribution in [0.3, 0.4) is 0 Å². The fourth-order valence-electron chi connectivity index (χ4n) is 4.16. The van der Waals surface area contributed by atoms with Crippen LogP contribution in [0.5, 0.6) is 0 Å². The number of nitrogens with zero attached hydrogens (tertiary/aromatic N) is 7. The van der Waals surface area contributed by atoms with E-state index < -0.39 is 11.9 Å². The second-order valence-electron chi connectivity index (χ2n) is 7.58. The van der Waals surface area contributed by atoms with Crippen molar-refractivity contribution in [1.29, 1.82) is 0 Å². The van der Waals surface area contributed by atoms with Crippen molar-refractivity contribution in [1.82, 2.24) is 30.0 Å². The molecule has 2 aromatic rings. The normalized spacial score (nSPS) is 21.3. The van der Waals surface area contributed by atoms with Crippen LogP contribution in [0, 0.1) is 5.92 Å². The number of aromatic nitrogens is 4. The zero-order valence-corrected chi connectivity index (χ0v) is 16.5. The van der Waals surface area contributed by atoms with Gasteiger partial charge in [-0.3, -0.25) is 14.5 Å². The highest BCUT2D eigenvalue weighted by atomic mass is 16.2. The minimum Gasteiger partial charge on any atom is -0.338 e. The van der Waals surface area contributed by atoms with E-state index in [4.69, 9.17) is 0 Å². The van der Waals surface area contributed by atoms with E-state index in [2.05, 4.69) is 20.5 Å². The van der Waals surface area contributed by atoms with Gasteiger partial charge in [0.2, 0.25) is 5.91 Å². The second kappa shape index (κ2) is 7.71. The van der Waals surface area contributed by atoms with Gasteiger partial charge in [0.1, 0.15) is 6.33 Å². The highest BCUT2D eigenvalue weighted by Crippen LogP contribution is 2.26. The lowest BCUT2D eigenvalue weighted by Gasteiger charge is -2.39. The summed E-state index contributed by atoms with van der Waals surface area (Å²) in [4.78, 5) is 45.5. The van der Waals surface area contributed by atoms with Crippen molar-refractivity contribution in [3.63, 3.8) is 0 Å².